The van der Waals surface area contributed by atoms with Crippen LogP contribution in [-0.2, 0) is 10.8 Å². The van der Waals surface area contributed by atoms with Crippen LogP contribution in [0.25, 0.3) is 89.0 Å². The summed E-state index contributed by atoms with van der Waals surface area (Å²) in [6, 6.07) is 76.1. The van der Waals surface area contributed by atoms with Crippen molar-refractivity contribution < 1.29 is 17.6 Å². The molecule has 0 saturated heterocycles. The Bertz CT molecular complexity index is 3650. The molecule has 0 fully saturated rings. The largest absolute Gasteiger partial charge is 0.207 e. The molecule has 0 N–H and O–H groups in total. The lowest BCUT2D eigenvalue weighted by Crippen LogP contribution is -2.33. The predicted octanol–water partition coefficient (Wildman–Crippen LogP) is 17.6. The number of halogens is 4. The molecule has 0 nitrogen and oxygen atoms in total. The second kappa shape index (κ2) is 14.8. The van der Waals surface area contributed by atoms with Crippen LogP contribution in [0.1, 0.15) is 44.5 Å². The lowest BCUT2D eigenvalue weighted by Gasteiger charge is -2.38. The van der Waals surface area contributed by atoms with E-state index in [2.05, 4.69) is 133 Å². The van der Waals surface area contributed by atoms with E-state index >= 15 is 0 Å². The monoisotopic (exact) mass is 930 g/mol. The number of rotatable bonds is 4. The van der Waals surface area contributed by atoms with Crippen LogP contribution in [0.15, 0.2) is 231 Å². The average molecular weight is 931 g/mol. The zero-order valence-corrected chi connectivity index (χ0v) is 38.5. The molecule has 72 heavy (non-hydrogen) atoms. The van der Waals surface area contributed by atoms with Gasteiger partial charge in [-0.05, 0) is 206 Å². The third kappa shape index (κ3) is 5.41. The third-order valence-electron chi connectivity index (χ3n) is 16.2. The Balaban J connectivity index is 1.12. The highest BCUT2D eigenvalue weighted by atomic mass is 19.1. The quantitative estimate of drug-likeness (QED) is 0.154. The highest BCUT2D eigenvalue weighted by Crippen LogP contribution is 2.71. The molecule has 0 bridgehead atoms. The molecule has 0 aliphatic heterocycles. The molecule has 0 atom stereocenters. The summed E-state index contributed by atoms with van der Waals surface area (Å²) in [6.07, 6.45) is 0. The van der Waals surface area contributed by atoms with Crippen molar-refractivity contribution in [3.63, 3.8) is 0 Å². The molecular weight excluding hydrogens is 893 g/mol. The molecule has 11 aromatic rings. The van der Waals surface area contributed by atoms with Crippen LogP contribution < -0.4 is 0 Å². The molecule has 0 saturated carbocycles. The lowest BCUT2D eigenvalue weighted by atomic mass is 9.62. The molecule has 11 aromatic carbocycles. The molecule has 0 unspecified atom stereocenters. The SMILES string of the molecule is Fc1ccc(-c2ccc3c(c2)C2(c4cc(-c5ccc(F)cc5)ccc4-3)c3ccccc3-c3ccc4c(c32)C2(c3cc(-c5ccc(F)cc5)ccc3-c3ccc(-c5ccc(F)cc5)cc32)c2ccccc2-4)cc1. The number of fused-ring (bicyclic) bond motifs is 21. The average Bonchev–Trinajstić information content (AvgIpc) is 4.10. The molecule has 4 heteroatoms. The van der Waals surface area contributed by atoms with Crippen molar-refractivity contribution in [3.8, 4) is 89.0 Å². The fourth-order valence-corrected chi connectivity index (χ4v) is 13.2. The summed E-state index contributed by atoms with van der Waals surface area (Å²) in [5.74, 6) is -1.17. The van der Waals surface area contributed by atoms with Crippen LogP contribution in [0.4, 0.5) is 17.6 Å². The molecular formula is C68H38F4. The minimum absolute atomic E-state index is 0.293. The van der Waals surface area contributed by atoms with Crippen LogP contribution in [0, 0.1) is 23.3 Å². The maximum absolute atomic E-state index is 14.6. The van der Waals surface area contributed by atoms with Gasteiger partial charge in [0, 0.05) is 0 Å². The highest BCUT2D eigenvalue weighted by Gasteiger charge is 2.60. The van der Waals surface area contributed by atoms with E-state index < -0.39 is 10.8 Å². The van der Waals surface area contributed by atoms with Crippen molar-refractivity contribution in [2.75, 3.05) is 0 Å². The van der Waals surface area contributed by atoms with Gasteiger partial charge in [0.1, 0.15) is 23.3 Å². The van der Waals surface area contributed by atoms with E-state index in [9.17, 15) is 17.6 Å². The van der Waals surface area contributed by atoms with Crippen LogP contribution in [0.2, 0.25) is 0 Å². The van der Waals surface area contributed by atoms with Crippen LogP contribution in [-0.4, -0.2) is 0 Å². The first kappa shape index (κ1) is 41.0. The van der Waals surface area contributed by atoms with Crippen molar-refractivity contribution in [1.29, 1.82) is 0 Å². The fourth-order valence-electron chi connectivity index (χ4n) is 13.2. The summed E-state index contributed by atoms with van der Waals surface area (Å²) in [5, 5.41) is 0. The van der Waals surface area contributed by atoms with Gasteiger partial charge in [0.05, 0.1) is 10.8 Å². The number of hydrogen-bond acceptors (Lipinski definition) is 0. The first-order valence-corrected chi connectivity index (χ1v) is 24.3. The van der Waals surface area contributed by atoms with E-state index in [1.165, 1.54) is 59.7 Å². The second-order valence-corrected chi connectivity index (χ2v) is 19.6. The molecule has 0 amide bonds. The normalized spacial score (nSPS) is 14.1. The zero-order chi connectivity index (χ0) is 48.0. The maximum atomic E-state index is 14.6. The van der Waals surface area contributed by atoms with Crippen molar-refractivity contribution in [2.24, 2.45) is 0 Å². The van der Waals surface area contributed by atoms with Gasteiger partial charge in [-0.15, -0.1) is 0 Å². The molecule has 4 aliphatic carbocycles. The zero-order valence-electron chi connectivity index (χ0n) is 38.5. The molecule has 0 aromatic heterocycles. The third-order valence-corrected chi connectivity index (χ3v) is 16.2. The fraction of sp³-hybridized carbons (Fsp3) is 0.0294. The summed E-state index contributed by atoms with van der Waals surface area (Å²) >= 11 is 0. The minimum atomic E-state index is -0.894. The Hall–Kier alpha value is -8.86. The Labute approximate surface area is 413 Å². The van der Waals surface area contributed by atoms with E-state index in [1.807, 2.05) is 48.5 Å². The first-order valence-electron chi connectivity index (χ1n) is 24.3. The van der Waals surface area contributed by atoms with Gasteiger partial charge in [0.15, 0.2) is 0 Å². The highest BCUT2D eigenvalue weighted by molar-refractivity contribution is 6.04. The molecule has 338 valence electrons. The first-order chi connectivity index (χ1) is 35.3. The number of benzene rings is 11. The Kier molecular flexibility index (Phi) is 8.44. The van der Waals surface area contributed by atoms with E-state index in [4.69, 9.17) is 0 Å². The van der Waals surface area contributed by atoms with Gasteiger partial charge in [0.25, 0.3) is 0 Å². The minimum Gasteiger partial charge on any atom is -0.207 e. The predicted molar refractivity (Wildman–Crippen MR) is 281 cm³/mol. The van der Waals surface area contributed by atoms with Gasteiger partial charge in [0.2, 0.25) is 0 Å². The molecule has 0 radical (unpaired) electrons. The van der Waals surface area contributed by atoms with Crippen molar-refractivity contribution in [2.45, 2.75) is 10.8 Å². The Morgan fingerprint density at radius 3 is 0.694 bits per heavy atom. The summed E-state index contributed by atoms with van der Waals surface area (Å²) in [4.78, 5) is 0. The van der Waals surface area contributed by atoms with E-state index in [0.717, 1.165) is 122 Å². The second-order valence-electron chi connectivity index (χ2n) is 19.6. The summed E-state index contributed by atoms with van der Waals surface area (Å²) < 4.78 is 58.4. The van der Waals surface area contributed by atoms with Gasteiger partial charge in [-0.1, -0.05) is 158 Å². The van der Waals surface area contributed by atoms with Crippen LogP contribution in [0.3, 0.4) is 0 Å². The molecule has 0 heterocycles. The summed E-state index contributed by atoms with van der Waals surface area (Å²) in [6.45, 7) is 0. The lowest BCUT2D eigenvalue weighted by molar-refractivity contribution is 0.627. The van der Waals surface area contributed by atoms with Gasteiger partial charge in [-0.3, -0.25) is 0 Å². The molecule has 4 aliphatic rings. The van der Waals surface area contributed by atoms with Crippen molar-refractivity contribution in [1.82, 2.24) is 0 Å². The van der Waals surface area contributed by atoms with Crippen LogP contribution in [0.5, 0.6) is 0 Å². The standard InChI is InChI=1S/C68H38F4/c69-47-21-9-39(10-22-47)43-17-29-53-54-30-18-44(40-11-23-48(70)24-12-40)36-62(54)67(61(53)35-43)59-7-3-1-5-51(59)57-33-34-58-52-6-2-4-8-60(52)68(66(58)65(57)67)63-37-45(41-13-25-49(71)26-14-41)19-31-55(63)56-32-20-46(38-64(56)68)42-15-27-50(72)28-16-42/h1-38H. The summed E-state index contributed by atoms with van der Waals surface area (Å²) in [5.41, 5.74) is 23.9. The molecule has 2 spiro atoms. The topological polar surface area (TPSA) is 0 Å². The van der Waals surface area contributed by atoms with Crippen molar-refractivity contribution >= 4 is 0 Å². The van der Waals surface area contributed by atoms with Gasteiger partial charge in [-0.25, -0.2) is 17.6 Å². The van der Waals surface area contributed by atoms with Crippen LogP contribution >= 0.6 is 0 Å². The van der Waals surface area contributed by atoms with E-state index in [-0.39, 0.29) is 23.3 Å². The Morgan fingerprint density at radius 1 is 0.194 bits per heavy atom. The van der Waals surface area contributed by atoms with E-state index in [1.54, 1.807) is 0 Å². The van der Waals surface area contributed by atoms with Crippen molar-refractivity contribution in [3.05, 3.63) is 298 Å². The van der Waals surface area contributed by atoms with E-state index in [0.29, 0.717) is 0 Å². The Morgan fingerprint density at radius 2 is 0.417 bits per heavy atom. The summed E-state index contributed by atoms with van der Waals surface area (Å²) in [7, 11) is 0. The number of hydrogen-bond donors (Lipinski definition) is 0. The van der Waals surface area contributed by atoms with Gasteiger partial charge >= 0.3 is 0 Å². The maximum Gasteiger partial charge on any atom is 0.123 e. The molecule has 15 rings (SSSR count). The van der Waals surface area contributed by atoms with Gasteiger partial charge in [-0.2, -0.15) is 0 Å². The smallest absolute Gasteiger partial charge is 0.123 e. The van der Waals surface area contributed by atoms with Gasteiger partial charge < -0.3 is 0 Å².